The SMILES string of the molecule is Nc1c(Cl)c(Cl)nc(C(=O)O[C@@H]2O[C@H](CO)[C@@H](O)[C@H](O)[C@H]2O)c1Cl. The first-order valence-electron chi connectivity index (χ1n) is 6.50. The van der Waals surface area contributed by atoms with E-state index in [1.165, 1.54) is 0 Å². The van der Waals surface area contributed by atoms with Crippen molar-refractivity contribution in [2.45, 2.75) is 30.7 Å². The second kappa shape index (κ2) is 7.54. The Morgan fingerprint density at radius 1 is 1.17 bits per heavy atom. The van der Waals surface area contributed by atoms with Crippen LogP contribution in [0.4, 0.5) is 5.69 Å². The number of ether oxygens (including phenoxy) is 2. The van der Waals surface area contributed by atoms with Crippen molar-refractivity contribution in [2.24, 2.45) is 0 Å². The average molecular weight is 404 g/mol. The molecule has 1 aliphatic heterocycles. The minimum absolute atomic E-state index is 0.147. The Balaban J connectivity index is 2.23. The molecule has 1 saturated heterocycles. The number of aromatic nitrogens is 1. The molecule has 134 valence electrons. The summed E-state index contributed by atoms with van der Waals surface area (Å²) in [6.45, 7) is -0.683. The molecule has 0 radical (unpaired) electrons. The summed E-state index contributed by atoms with van der Waals surface area (Å²) in [7, 11) is 0. The molecule has 0 bridgehead atoms. The molecular weight excluding hydrogens is 390 g/mol. The lowest BCUT2D eigenvalue weighted by Gasteiger charge is -2.39. The molecule has 1 aromatic heterocycles. The molecule has 1 aliphatic rings. The van der Waals surface area contributed by atoms with Crippen molar-refractivity contribution < 1.29 is 34.7 Å². The number of rotatable bonds is 3. The number of pyridine rings is 1. The summed E-state index contributed by atoms with van der Waals surface area (Å²) < 4.78 is 9.91. The van der Waals surface area contributed by atoms with E-state index < -0.39 is 49.0 Å². The van der Waals surface area contributed by atoms with Gasteiger partial charge in [0.1, 0.15) is 29.4 Å². The first-order chi connectivity index (χ1) is 11.2. The van der Waals surface area contributed by atoms with Crippen molar-refractivity contribution in [3.05, 3.63) is 20.9 Å². The fourth-order valence-corrected chi connectivity index (χ4v) is 2.58. The smallest absolute Gasteiger partial charge is 0.361 e. The highest BCUT2D eigenvalue weighted by Gasteiger charge is 2.45. The number of aliphatic hydroxyl groups excluding tert-OH is 4. The maximum atomic E-state index is 12.2. The number of aliphatic hydroxyl groups is 4. The van der Waals surface area contributed by atoms with Crippen LogP contribution in [-0.4, -0.2) is 68.7 Å². The third kappa shape index (κ3) is 3.53. The van der Waals surface area contributed by atoms with Crippen LogP contribution < -0.4 is 5.73 Å². The molecule has 12 heteroatoms. The zero-order valence-electron chi connectivity index (χ0n) is 11.8. The van der Waals surface area contributed by atoms with Gasteiger partial charge in [-0.25, -0.2) is 9.78 Å². The Kier molecular flexibility index (Phi) is 6.10. The number of hydrogen-bond donors (Lipinski definition) is 5. The topological polar surface area (TPSA) is 155 Å². The fraction of sp³-hybridized carbons (Fsp3) is 0.500. The molecule has 0 spiro atoms. The summed E-state index contributed by atoms with van der Waals surface area (Å²) in [5.74, 6) is -1.17. The van der Waals surface area contributed by atoms with Crippen molar-refractivity contribution in [2.75, 3.05) is 12.3 Å². The van der Waals surface area contributed by atoms with Gasteiger partial charge in [-0.3, -0.25) is 0 Å². The third-order valence-electron chi connectivity index (χ3n) is 3.34. The largest absolute Gasteiger partial charge is 0.428 e. The maximum Gasteiger partial charge on any atom is 0.361 e. The minimum atomic E-state index is -1.77. The van der Waals surface area contributed by atoms with E-state index in [-0.39, 0.29) is 20.9 Å². The zero-order chi connectivity index (χ0) is 18.2. The summed E-state index contributed by atoms with van der Waals surface area (Å²) in [6, 6.07) is 0. The van der Waals surface area contributed by atoms with Gasteiger partial charge in [-0.05, 0) is 0 Å². The second-order valence-corrected chi connectivity index (χ2v) is 6.01. The quantitative estimate of drug-likeness (QED) is 0.334. The van der Waals surface area contributed by atoms with Crippen LogP contribution in [0.2, 0.25) is 15.2 Å². The van der Waals surface area contributed by atoms with Crippen LogP contribution in [0.15, 0.2) is 0 Å². The van der Waals surface area contributed by atoms with E-state index in [4.69, 9.17) is 55.1 Å². The molecule has 0 aromatic carbocycles. The molecule has 1 fully saturated rings. The van der Waals surface area contributed by atoms with E-state index in [9.17, 15) is 20.1 Å². The van der Waals surface area contributed by atoms with Crippen LogP contribution in [0, 0.1) is 0 Å². The van der Waals surface area contributed by atoms with E-state index in [2.05, 4.69) is 4.98 Å². The summed E-state index contributed by atoms with van der Waals surface area (Å²) in [5.41, 5.74) is 4.90. The highest BCUT2D eigenvalue weighted by atomic mass is 35.5. The monoisotopic (exact) mass is 402 g/mol. The maximum absolute atomic E-state index is 12.2. The fourth-order valence-electron chi connectivity index (χ4n) is 1.99. The van der Waals surface area contributed by atoms with Gasteiger partial charge in [0.05, 0.1) is 17.3 Å². The highest BCUT2D eigenvalue weighted by Crippen LogP contribution is 2.35. The Bertz CT molecular complexity index is 646. The normalized spacial score (nSPS) is 30.2. The average Bonchev–Trinajstić information content (AvgIpc) is 2.56. The van der Waals surface area contributed by atoms with Gasteiger partial charge in [-0.15, -0.1) is 0 Å². The van der Waals surface area contributed by atoms with Gasteiger partial charge in [0.15, 0.2) is 10.8 Å². The summed E-state index contributed by atoms with van der Waals surface area (Å²) in [6.07, 6.45) is -8.02. The van der Waals surface area contributed by atoms with Crippen molar-refractivity contribution in [1.82, 2.24) is 4.98 Å². The van der Waals surface area contributed by atoms with Crippen molar-refractivity contribution in [3.63, 3.8) is 0 Å². The number of carbonyl (C=O) groups is 1. The number of nitrogens with two attached hydrogens (primary N) is 1. The minimum Gasteiger partial charge on any atom is -0.428 e. The first kappa shape index (κ1) is 19.4. The molecule has 9 nitrogen and oxygen atoms in total. The molecule has 24 heavy (non-hydrogen) atoms. The van der Waals surface area contributed by atoms with E-state index in [1.54, 1.807) is 0 Å². The van der Waals surface area contributed by atoms with Crippen molar-refractivity contribution in [1.29, 1.82) is 0 Å². The highest BCUT2D eigenvalue weighted by molar-refractivity contribution is 6.46. The molecule has 0 aliphatic carbocycles. The molecule has 0 amide bonds. The molecule has 1 aromatic rings. The second-order valence-electron chi connectivity index (χ2n) is 4.90. The summed E-state index contributed by atoms with van der Waals surface area (Å²) >= 11 is 17.3. The predicted octanol–water partition coefficient (Wildman–Crippen LogP) is -0.419. The summed E-state index contributed by atoms with van der Waals surface area (Å²) in [5, 5.41) is 37.4. The lowest BCUT2D eigenvalue weighted by atomic mass is 9.99. The first-order valence-corrected chi connectivity index (χ1v) is 7.63. The van der Waals surface area contributed by atoms with E-state index >= 15 is 0 Å². The Morgan fingerprint density at radius 2 is 1.79 bits per heavy atom. The molecule has 2 heterocycles. The van der Waals surface area contributed by atoms with Crippen LogP contribution in [0.3, 0.4) is 0 Å². The predicted molar refractivity (Wildman–Crippen MR) is 82.9 cm³/mol. The van der Waals surface area contributed by atoms with Gasteiger partial charge in [0.2, 0.25) is 6.29 Å². The number of nitrogens with zero attached hydrogens (tertiary/aromatic N) is 1. The Hall–Kier alpha value is -0.910. The van der Waals surface area contributed by atoms with Crippen LogP contribution in [0.1, 0.15) is 10.5 Å². The number of hydrogen-bond acceptors (Lipinski definition) is 9. The van der Waals surface area contributed by atoms with Gasteiger partial charge >= 0.3 is 5.97 Å². The van der Waals surface area contributed by atoms with Gasteiger partial charge in [0, 0.05) is 0 Å². The molecule has 0 saturated carbocycles. The van der Waals surface area contributed by atoms with Crippen molar-refractivity contribution in [3.8, 4) is 0 Å². The van der Waals surface area contributed by atoms with Crippen molar-refractivity contribution >= 4 is 46.5 Å². The molecule has 5 atom stereocenters. The van der Waals surface area contributed by atoms with Crippen LogP contribution >= 0.6 is 34.8 Å². The lowest BCUT2D eigenvalue weighted by Crippen LogP contribution is -2.59. The Labute approximate surface area is 150 Å². The van der Waals surface area contributed by atoms with E-state index in [0.29, 0.717) is 0 Å². The van der Waals surface area contributed by atoms with Gasteiger partial charge in [-0.2, -0.15) is 0 Å². The Morgan fingerprint density at radius 3 is 2.38 bits per heavy atom. The summed E-state index contributed by atoms with van der Waals surface area (Å²) in [4.78, 5) is 15.8. The number of nitrogen functional groups attached to an aromatic ring is 1. The van der Waals surface area contributed by atoms with Crippen LogP contribution in [-0.2, 0) is 9.47 Å². The number of anilines is 1. The molecule has 2 rings (SSSR count). The zero-order valence-corrected chi connectivity index (χ0v) is 14.0. The molecule has 0 unspecified atom stereocenters. The van der Waals surface area contributed by atoms with E-state index in [0.717, 1.165) is 0 Å². The lowest BCUT2D eigenvalue weighted by molar-refractivity contribution is -0.285. The standard InChI is InChI=1S/C12H13Cl3N2O7/c13-3-5(16)4(14)10(15)17-6(3)11(22)24-12-9(21)8(20)7(19)2(1-18)23-12/h2,7-9,12,18-21H,1H2,(H2,16,17)/t2-,7-,8+,9-,12+/m1/s1. The third-order valence-corrected chi connectivity index (χ3v) is 4.47. The number of halogens is 3. The van der Waals surface area contributed by atoms with Gasteiger partial charge in [-0.1, -0.05) is 34.8 Å². The van der Waals surface area contributed by atoms with Gasteiger partial charge < -0.3 is 35.6 Å². The van der Waals surface area contributed by atoms with Crippen LogP contribution in [0.5, 0.6) is 0 Å². The molecule has 6 N–H and O–H groups in total. The number of esters is 1. The molecular formula is C12H13Cl3N2O7. The van der Waals surface area contributed by atoms with Crippen LogP contribution in [0.25, 0.3) is 0 Å². The number of carbonyl (C=O) groups excluding carboxylic acids is 1. The van der Waals surface area contributed by atoms with E-state index in [1.807, 2.05) is 0 Å². The van der Waals surface area contributed by atoms with Gasteiger partial charge in [0.25, 0.3) is 0 Å².